The molecular weight excluding hydrogens is 325 g/mol. The maximum Gasteiger partial charge on any atom is 0.349 e. The lowest BCUT2D eigenvalue weighted by atomic mass is 10.3. The number of aromatic nitrogens is 2. The van der Waals surface area contributed by atoms with E-state index in [0.29, 0.717) is 5.75 Å². The summed E-state index contributed by atoms with van der Waals surface area (Å²) in [4.78, 5) is 17.4. The van der Waals surface area contributed by atoms with Crippen LogP contribution in [0.2, 0.25) is 5.28 Å². The molecule has 0 atom stereocenters. The molecule has 92 valence electrons. The molecule has 0 unspecified atom stereocenters. The summed E-state index contributed by atoms with van der Waals surface area (Å²) in [5.41, 5.74) is -0.345. The van der Waals surface area contributed by atoms with Gasteiger partial charge in [-0.15, -0.1) is 0 Å². The van der Waals surface area contributed by atoms with Crippen LogP contribution in [0, 0.1) is 10.1 Å². The van der Waals surface area contributed by atoms with Crippen molar-refractivity contribution < 1.29 is 9.66 Å². The van der Waals surface area contributed by atoms with Crippen LogP contribution in [-0.4, -0.2) is 14.9 Å². The molecule has 8 heteroatoms. The van der Waals surface area contributed by atoms with Crippen molar-refractivity contribution in [3.63, 3.8) is 0 Å². The Hall–Kier alpha value is -1.73. The van der Waals surface area contributed by atoms with Gasteiger partial charge in [-0.1, -0.05) is 15.9 Å². The average molecular weight is 331 g/mol. The molecule has 1 aromatic carbocycles. The molecule has 0 saturated heterocycles. The van der Waals surface area contributed by atoms with Crippen molar-refractivity contribution in [1.29, 1.82) is 0 Å². The molecule has 1 aromatic heterocycles. The Labute approximate surface area is 115 Å². The van der Waals surface area contributed by atoms with E-state index in [1.54, 1.807) is 24.3 Å². The zero-order chi connectivity index (χ0) is 13.1. The van der Waals surface area contributed by atoms with Gasteiger partial charge in [0.05, 0.1) is 4.92 Å². The van der Waals surface area contributed by atoms with Crippen LogP contribution in [-0.2, 0) is 0 Å². The Kier molecular flexibility index (Phi) is 3.73. The van der Waals surface area contributed by atoms with Crippen molar-refractivity contribution in [3.8, 4) is 11.6 Å². The van der Waals surface area contributed by atoms with Gasteiger partial charge in [-0.3, -0.25) is 10.1 Å². The van der Waals surface area contributed by atoms with Gasteiger partial charge in [0.15, 0.2) is 0 Å². The van der Waals surface area contributed by atoms with Crippen LogP contribution >= 0.6 is 27.5 Å². The van der Waals surface area contributed by atoms with E-state index in [-0.39, 0.29) is 16.9 Å². The lowest BCUT2D eigenvalue weighted by Gasteiger charge is -2.04. The Bertz CT molecular complexity index is 591. The summed E-state index contributed by atoms with van der Waals surface area (Å²) in [5, 5.41) is 10.7. The summed E-state index contributed by atoms with van der Waals surface area (Å²) in [6, 6.07) is 6.77. The van der Waals surface area contributed by atoms with Crippen molar-refractivity contribution in [1.82, 2.24) is 9.97 Å². The number of benzene rings is 1. The first-order valence-corrected chi connectivity index (χ1v) is 5.83. The molecule has 0 fully saturated rings. The molecule has 2 aromatic rings. The fourth-order valence-electron chi connectivity index (χ4n) is 1.15. The molecule has 0 spiro atoms. The van der Waals surface area contributed by atoms with Crippen molar-refractivity contribution >= 4 is 33.2 Å². The zero-order valence-corrected chi connectivity index (χ0v) is 11.1. The first-order chi connectivity index (χ1) is 8.56. The quantitative estimate of drug-likeness (QED) is 0.488. The molecule has 0 aliphatic rings. The van der Waals surface area contributed by atoms with E-state index in [2.05, 4.69) is 25.9 Å². The smallest absolute Gasteiger partial charge is 0.349 e. The maximum absolute atomic E-state index is 10.8. The molecule has 1 heterocycles. The second kappa shape index (κ2) is 5.28. The van der Waals surface area contributed by atoms with Crippen molar-refractivity contribution in [2.45, 2.75) is 0 Å². The predicted octanol–water partition coefficient (Wildman–Crippen LogP) is 3.59. The summed E-state index contributed by atoms with van der Waals surface area (Å²) in [6.07, 6.45) is 1.00. The van der Waals surface area contributed by atoms with E-state index < -0.39 is 4.92 Å². The minimum Gasteiger partial charge on any atom is -0.434 e. The molecule has 0 radical (unpaired) electrons. The lowest BCUT2D eigenvalue weighted by Crippen LogP contribution is -1.97. The number of rotatable bonds is 3. The van der Waals surface area contributed by atoms with Crippen molar-refractivity contribution in [2.75, 3.05) is 0 Å². The number of ether oxygens (including phenoxy) is 1. The maximum atomic E-state index is 10.8. The number of hydrogen-bond donors (Lipinski definition) is 0. The third-order valence-corrected chi connectivity index (χ3v) is 2.64. The van der Waals surface area contributed by atoms with Crippen LogP contribution in [0.5, 0.6) is 11.6 Å². The standard InChI is InChI=1S/C10H5BrClN3O3/c11-6-1-3-7(4-2-6)18-9-8(15(16)17)5-13-10(12)14-9/h1-5H. The van der Waals surface area contributed by atoms with Crippen molar-refractivity contribution in [2.24, 2.45) is 0 Å². The molecule has 6 nitrogen and oxygen atoms in total. The number of nitrogens with zero attached hydrogens (tertiary/aromatic N) is 3. The summed E-state index contributed by atoms with van der Waals surface area (Å²) in [6.45, 7) is 0. The van der Waals surface area contributed by atoms with Gasteiger partial charge in [0.1, 0.15) is 11.9 Å². The summed E-state index contributed by atoms with van der Waals surface area (Å²) in [5.74, 6) is 0.221. The third kappa shape index (κ3) is 2.93. The normalized spacial score (nSPS) is 10.1. The lowest BCUT2D eigenvalue weighted by molar-refractivity contribution is -0.386. The van der Waals surface area contributed by atoms with Gasteiger partial charge in [-0.2, -0.15) is 4.98 Å². The van der Waals surface area contributed by atoms with Crippen molar-refractivity contribution in [3.05, 3.63) is 50.3 Å². The minimum atomic E-state index is -0.634. The Morgan fingerprint density at radius 2 is 2.00 bits per heavy atom. The molecule has 0 amide bonds. The SMILES string of the molecule is O=[N+]([O-])c1cnc(Cl)nc1Oc1ccc(Br)cc1. The Balaban J connectivity index is 2.35. The first-order valence-electron chi connectivity index (χ1n) is 4.66. The van der Waals surface area contributed by atoms with E-state index in [9.17, 15) is 10.1 Å². The second-order valence-corrected chi connectivity index (χ2v) is 4.40. The summed E-state index contributed by atoms with van der Waals surface area (Å²) in [7, 11) is 0. The second-order valence-electron chi connectivity index (χ2n) is 3.14. The van der Waals surface area contributed by atoms with Crippen LogP contribution in [0.1, 0.15) is 0 Å². The highest BCUT2D eigenvalue weighted by molar-refractivity contribution is 9.10. The summed E-state index contributed by atoms with van der Waals surface area (Å²) < 4.78 is 6.17. The van der Waals surface area contributed by atoms with Gasteiger partial charge in [0.2, 0.25) is 5.28 Å². The molecule has 0 aliphatic carbocycles. The third-order valence-electron chi connectivity index (χ3n) is 1.93. The van der Waals surface area contributed by atoms with E-state index >= 15 is 0 Å². The Morgan fingerprint density at radius 3 is 2.61 bits per heavy atom. The topological polar surface area (TPSA) is 78.2 Å². The van der Waals surface area contributed by atoms with Crippen LogP contribution in [0.15, 0.2) is 34.9 Å². The highest BCUT2D eigenvalue weighted by Crippen LogP contribution is 2.29. The zero-order valence-electron chi connectivity index (χ0n) is 8.71. The molecule has 18 heavy (non-hydrogen) atoms. The van der Waals surface area contributed by atoms with Crippen LogP contribution in [0.25, 0.3) is 0 Å². The first kappa shape index (κ1) is 12.7. The number of hydrogen-bond acceptors (Lipinski definition) is 5. The minimum absolute atomic E-state index is 0.118. The van der Waals surface area contributed by atoms with Gasteiger partial charge >= 0.3 is 11.6 Å². The summed E-state index contributed by atoms with van der Waals surface area (Å²) >= 11 is 8.85. The largest absolute Gasteiger partial charge is 0.434 e. The average Bonchev–Trinajstić information content (AvgIpc) is 2.32. The highest BCUT2D eigenvalue weighted by Gasteiger charge is 2.19. The molecule has 2 rings (SSSR count). The van der Waals surface area contributed by atoms with E-state index in [4.69, 9.17) is 16.3 Å². The van der Waals surface area contributed by atoms with Gasteiger partial charge < -0.3 is 4.74 Å². The molecule has 0 saturated carbocycles. The van der Waals surface area contributed by atoms with Gasteiger partial charge in [-0.25, -0.2) is 4.98 Å². The van der Waals surface area contributed by atoms with Crippen LogP contribution in [0.3, 0.4) is 0 Å². The van der Waals surface area contributed by atoms with Crippen LogP contribution < -0.4 is 4.74 Å². The number of halogens is 2. The fraction of sp³-hybridized carbons (Fsp3) is 0. The highest BCUT2D eigenvalue weighted by atomic mass is 79.9. The molecule has 0 N–H and O–H groups in total. The molecule has 0 bridgehead atoms. The monoisotopic (exact) mass is 329 g/mol. The van der Waals surface area contributed by atoms with E-state index in [0.717, 1.165) is 10.7 Å². The van der Waals surface area contributed by atoms with Gasteiger partial charge in [-0.05, 0) is 35.9 Å². The Morgan fingerprint density at radius 1 is 1.33 bits per heavy atom. The fourth-order valence-corrected chi connectivity index (χ4v) is 1.54. The van der Waals surface area contributed by atoms with Crippen LogP contribution in [0.4, 0.5) is 5.69 Å². The van der Waals surface area contributed by atoms with E-state index in [1.165, 1.54) is 0 Å². The van der Waals surface area contributed by atoms with Gasteiger partial charge in [0.25, 0.3) is 0 Å². The molecule has 0 aliphatic heterocycles. The van der Waals surface area contributed by atoms with E-state index in [1.807, 2.05) is 0 Å². The number of nitro groups is 1. The van der Waals surface area contributed by atoms with Gasteiger partial charge in [0, 0.05) is 4.47 Å². The predicted molar refractivity (Wildman–Crippen MR) is 67.9 cm³/mol. The molecular formula is C10H5BrClN3O3.